The van der Waals surface area contributed by atoms with E-state index in [0.717, 1.165) is 0 Å². The molecule has 0 spiro atoms. The van der Waals surface area contributed by atoms with Crippen molar-refractivity contribution in [1.29, 1.82) is 0 Å². The summed E-state index contributed by atoms with van der Waals surface area (Å²) >= 11 is 0. The van der Waals surface area contributed by atoms with Crippen molar-refractivity contribution in [2.45, 2.75) is 17.1 Å². The van der Waals surface area contributed by atoms with E-state index in [1.165, 1.54) is 6.26 Å². The zero-order valence-corrected chi connectivity index (χ0v) is 13.4. The van der Waals surface area contributed by atoms with Crippen molar-refractivity contribution in [2.75, 3.05) is 12.8 Å². The van der Waals surface area contributed by atoms with Gasteiger partial charge in [0.2, 0.25) is 0 Å². The first kappa shape index (κ1) is 18.0. The minimum absolute atomic E-state index is 0.0408. The number of hydrogen-bond donors (Lipinski definition) is 1. The van der Waals surface area contributed by atoms with Crippen LogP contribution < -0.4 is 5.32 Å². The number of benzene rings is 1. The Kier molecular flexibility index (Phi) is 5.83. The molecule has 2 unspecified atom stereocenters. The molecule has 0 radical (unpaired) electrons. The number of halogens is 3. The standard InChI is InChI=1S/C11H12ClF2NO4S2/c1-6(20(2)17)5-15-11(16)8-3-7(13)4-9(10(8)14)21(12,18)19/h3-4,6H,5H2,1-2H3,(H,15,16). The Morgan fingerprint density at radius 3 is 2.48 bits per heavy atom. The average molecular weight is 360 g/mol. The van der Waals surface area contributed by atoms with Crippen molar-refractivity contribution in [3.63, 3.8) is 0 Å². The van der Waals surface area contributed by atoms with Crippen molar-refractivity contribution in [3.05, 3.63) is 29.3 Å². The second-order valence-corrected chi connectivity index (χ2v) is 8.56. The highest BCUT2D eigenvalue weighted by molar-refractivity contribution is 8.13. The molecule has 5 nitrogen and oxygen atoms in total. The Labute approximate surface area is 127 Å². The highest BCUT2D eigenvalue weighted by Gasteiger charge is 2.24. The molecule has 21 heavy (non-hydrogen) atoms. The van der Waals surface area contributed by atoms with E-state index in [1.54, 1.807) is 6.92 Å². The van der Waals surface area contributed by atoms with E-state index in [2.05, 4.69) is 5.32 Å². The molecule has 0 saturated carbocycles. The van der Waals surface area contributed by atoms with Gasteiger partial charge in [0.25, 0.3) is 15.0 Å². The molecular formula is C11H12ClF2NO4S2. The maximum atomic E-state index is 13.9. The van der Waals surface area contributed by atoms with E-state index in [9.17, 15) is 26.2 Å². The van der Waals surface area contributed by atoms with Gasteiger partial charge in [-0.3, -0.25) is 9.00 Å². The minimum atomic E-state index is -4.53. The summed E-state index contributed by atoms with van der Waals surface area (Å²) in [5.41, 5.74) is -0.789. The van der Waals surface area contributed by atoms with Crippen LogP contribution in [0.4, 0.5) is 8.78 Å². The van der Waals surface area contributed by atoms with Crippen LogP contribution in [0.3, 0.4) is 0 Å². The number of nitrogens with one attached hydrogen (secondary N) is 1. The summed E-state index contributed by atoms with van der Waals surface area (Å²) in [5.74, 6) is -3.58. The van der Waals surface area contributed by atoms with Crippen molar-refractivity contribution in [2.24, 2.45) is 0 Å². The highest BCUT2D eigenvalue weighted by Crippen LogP contribution is 2.23. The topological polar surface area (TPSA) is 80.3 Å². The van der Waals surface area contributed by atoms with Crippen LogP contribution in [-0.4, -0.2) is 36.6 Å². The zero-order valence-electron chi connectivity index (χ0n) is 11.0. The van der Waals surface area contributed by atoms with Crippen LogP contribution in [0.2, 0.25) is 0 Å². The highest BCUT2D eigenvalue weighted by atomic mass is 35.7. The van der Waals surface area contributed by atoms with Gasteiger partial charge in [-0.25, -0.2) is 17.2 Å². The molecule has 0 aromatic heterocycles. The molecule has 1 rings (SSSR count). The Morgan fingerprint density at radius 2 is 2.00 bits per heavy atom. The summed E-state index contributed by atoms with van der Waals surface area (Å²) in [6.07, 6.45) is 1.43. The lowest BCUT2D eigenvalue weighted by atomic mass is 10.2. The lowest BCUT2D eigenvalue weighted by Gasteiger charge is -2.11. The first-order valence-electron chi connectivity index (χ1n) is 5.58. The normalized spacial score (nSPS) is 14.5. The van der Waals surface area contributed by atoms with Crippen molar-refractivity contribution < 1.29 is 26.2 Å². The van der Waals surface area contributed by atoms with Crippen LogP contribution in [0.15, 0.2) is 17.0 Å². The molecule has 2 atom stereocenters. The molecule has 0 aliphatic rings. The molecule has 1 N–H and O–H groups in total. The summed E-state index contributed by atoms with van der Waals surface area (Å²) in [6.45, 7) is 1.55. The Balaban J connectivity index is 3.11. The molecule has 0 heterocycles. The summed E-state index contributed by atoms with van der Waals surface area (Å²) in [7, 11) is -0.764. The molecule has 0 saturated heterocycles. The second-order valence-electron chi connectivity index (χ2n) is 4.22. The van der Waals surface area contributed by atoms with Crippen LogP contribution in [0.25, 0.3) is 0 Å². The predicted molar refractivity (Wildman–Crippen MR) is 75.3 cm³/mol. The van der Waals surface area contributed by atoms with Gasteiger partial charge in [-0.2, -0.15) is 0 Å². The number of carbonyl (C=O) groups excluding carboxylic acids is 1. The third-order valence-electron chi connectivity index (χ3n) is 2.63. The molecular weight excluding hydrogens is 348 g/mol. The lowest BCUT2D eigenvalue weighted by Crippen LogP contribution is -2.33. The number of rotatable bonds is 5. The molecule has 0 bridgehead atoms. The molecule has 1 aromatic carbocycles. The van der Waals surface area contributed by atoms with Crippen molar-refractivity contribution >= 4 is 36.4 Å². The number of hydrogen-bond acceptors (Lipinski definition) is 4. The molecule has 10 heteroatoms. The lowest BCUT2D eigenvalue weighted by molar-refractivity contribution is 0.0949. The fourth-order valence-corrected chi connectivity index (χ4v) is 2.59. The van der Waals surface area contributed by atoms with E-state index in [1.807, 2.05) is 0 Å². The summed E-state index contributed by atoms with van der Waals surface area (Å²) < 4.78 is 60.6. The predicted octanol–water partition coefficient (Wildman–Crippen LogP) is 1.39. The summed E-state index contributed by atoms with van der Waals surface area (Å²) in [6, 6.07) is 0.946. The van der Waals surface area contributed by atoms with Gasteiger partial charge in [0.15, 0.2) is 5.82 Å². The van der Waals surface area contributed by atoms with Gasteiger partial charge in [0.05, 0.1) is 5.56 Å². The zero-order chi connectivity index (χ0) is 16.4. The van der Waals surface area contributed by atoms with E-state index in [4.69, 9.17) is 10.7 Å². The Hall–Kier alpha value is -1.06. The third kappa shape index (κ3) is 4.72. The molecule has 1 aromatic rings. The molecule has 118 valence electrons. The van der Waals surface area contributed by atoms with Crippen LogP contribution >= 0.6 is 10.7 Å². The maximum absolute atomic E-state index is 13.9. The SMILES string of the molecule is CC(CNC(=O)c1cc(F)cc(S(=O)(=O)Cl)c1F)S(C)=O. The maximum Gasteiger partial charge on any atom is 0.264 e. The quantitative estimate of drug-likeness (QED) is 0.806. The average Bonchev–Trinajstić information content (AvgIpc) is 2.36. The number of amides is 1. The summed E-state index contributed by atoms with van der Waals surface area (Å²) in [5, 5.41) is 1.85. The molecule has 0 aliphatic heterocycles. The van der Waals surface area contributed by atoms with E-state index < -0.39 is 53.1 Å². The number of carbonyl (C=O) groups is 1. The Bertz CT molecular complexity index is 694. The fourth-order valence-electron chi connectivity index (χ4n) is 1.36. The Morgan fingerprint density at radius 1 is 1.43 bits per heavy atom. The largest absolute Gasteiger partial charge is 0.351 e. The van der Waals surface area contributed by atoms with E-state index in [0.29, 0.717) is 12.1 Å². The first-order valence-corrected chi connectivity index (χ1v) is 9.51. The molecule has 1 amide bonds. The van der Waals surface area contributed by atoms with Crippen LogP contribution in [0.1, 0.15) is 17.3 Å². The van der Waals surface area contributed by atoms with Gasteiger partial charge in [0, 0.05) is 39.5 Å². The van der Waals surface area contributed by atoms with Gasteiger partial charge in [-0.05, 0) is 19.1 Å². The van der Waals surface area contributed by atoms with Crippen molar-refractivity contribution in [3.8, 4) is 0 Å². The van der Waals surface area contributed by atoms with Gasteiger partial charge in [0.1, 0.15) is 10.7 Å². The van der Waals surface area contributed by atoms with Crippen LogP contribution in [-0.2, 0) is 19.9 Å². The van der Waals surface area contributed by atoms with E-state index in [-0.39, 0.29) is 6.54 Å². The third-order valence-corrected chi connectivity index (χ3v) is 5.25. The second kappa shape index (κ2) is 6.80. The van der Waals surface area contributed by atoms with Gasteiger partial charge in [-0.1, -0.05) is 0 Å². The van der Waals surface area contributed by atoms with Crippen LogP contribution in [0.5, 0.6) is 0 Å². The fraction of sp³-hybridized carbons (Fsp3) is 0.364. The molecule has 0 aliphatic carbocycles. The first-order chi connectivity index (χ1) is 9.54. The van der Waals surface area contributed by atoms with E-state index >= 15 is 0 Å². The monoisotopic (exact) mass is 359 g/mol. The minimum Gasteiger partial charge on any atom is -0.351 e. The summed E-state index contributed by atoms with van der Waals surface area (Å²) in [4.78, 5) is 10.7. The van der Waals surface area contributed by atoms with Gasteiger partial charge >= 0.3 is 0 Å². The van der Waals surface area contributed by atoms with Crippen molar-refractivity contribution in [1.82, 2.24) is 5.32 Å². The van der Waals surface area contributed by atoms with Gasteiger partial charge < -0.3 is 5.32 Å². The smallest absolute Gasteiger partial charge is 0.264 e. The van der Waals surface area contributed by atoms with Crippen LogP contribution in [0, 0.1) is 11.6 Å². The van der Waals surface area contributed by atoms with Gasteiger partial charge in [-0.15, -0.1) is 0 Å². The molecule has 0 fully saturated rings.